The third-order valence-electron chi connectivity index (χ3n) is 4.11. The minimum absolute atomic E-state index is 0.0339. The van der Waals surface area contributed by atoms with Crippen LogP contribution >= 0.6 is 11.6 Å². The van der Waals surface area contributed by atoms with Gasteiger partial charge in [-0.05, 0) is 32.0 Å². The number of halogens is 1. The highest BCUT2D eigenvalue weighted by molar-refractivity contribution is 6.30. The Labute approximate surface area is 170 Å². The molecule has 0 saturated carbocycles. The van der Waals surface area contributed by atoms with Gasteiger partial charge < -0.3 is 14.4 Å². The number of carbonyl (C=O) groups is 1. The van der Waals surface area contributed by atoms with Gasteiger partial charge in [0.1, 0.15) is 0 Å². The predicted molar refractivity (Wildman–Crippen MR) is 107 cm³/mol. The highest BCUT2D eigenvalue weighted by Crippen LogP contribution is 2.40. The van der Waals surface area contributed by atoms with Crippen LogP contribution in [0.1, 0.15) is 19.9 Å². The predicted octanol–water partition coefficient (Wildman–Crippen LogP) is 5.18. The molecule has 0 radical (unpaired) electrons. The van der Waals surface area contributed by atoms with Crippen LogP contribution in [0, 0.1) is 10.1 Å². The van der Waals surface area contributed by atoms with Gasteiger partial charge in [-0.25, -0.2) is 0 Å². The molecule has 0 bridgehead atoms. The first-order valence-electron chi connectivity index (χ1n) is 8.62. The van der Waals surface area contributed by atoms with Gasteiger partial charge in [0.15, 0.2) is 18.0 Å². The maximum atomic E-state index is 12.1. The van der Waals surface area contributed by atoms with Crippen molar-refractivity contribution in [1.82, 2.24) is 4.57 Å². The topological polar surface area (TPSA) is 119 Å². The molecular weight excluding hydrogens is 400 g/mol. The van der Waals surface area contributed by atoms with E-state index in [0.29, 0.717) is 5.39 Å². The van der Waals surface area contributed by atoms with Crippen molar-refractivity contribution in [3.05, 3.63) is 57.6 Å². The summed E-state index contributed by atoms with van der Waals surface area (Å²) in [4.78, 5) is 22.5. The molecule has 10 heteroatoms. The number of hydrogen-bond donors (Lipinski definition) is 1. The number of amides is 1. The van der Waals surface area contributed by atoms with Crippen LogP contribution < -0.4 is 4.74 Å². The number of hydrogen-bond acceptors (Lipinski definition) is 6. The van der Waals surface area contributed by atoms with E-state index in [1.807, 2.05) is 26.0 Å². The molecule has 0 saturated heterocycles. The van der Waals surface area contributed by atoms with Gasteiger partial charge in [-0.3, -0.25) is 14.9 Å². The van der Waals surface area contributed by atoms with Crippen LogP contribution in [0.15, 0.2) is 52.7 Å². The Balaban J connectivity index is 1.81. The first kappa shape index (κ1) is 20.3. The molecule has 0 atom stereocenters. The number of benzene rings is 2. The Morgan fingerprint density at radius 1 is 1.31 bits per heavy atom. The summed E-state index contributed by atoms with van der Waals surface area (Å²) in [5, 5.41) is 29.8. The van der Waals surface area contributed by atoms with Gasteiger partial charge >= 0.3 is 11.6 Å². The lowest BCUT2D eigenvalue weighted by Gasteiger charge is -2.10. The molecule has 3 aromatic rings. The van der Waals surface area contributed by atoms with Crippen molar-refractivity contribution >= 4 is 39.8 Å². The van der Waals surface area contributed by atoms with Crippen molar-refractivity contribution in [2.75, 3.05) is 6.61 Å². The van der Waals surface area contributed by atoms with Crippen molar-refractivity contribution in [1.29, 1.82) is 0 Å². The Morgan fingerprint density at radius 2 is 2.03 bits per heavy atom. The van der Waals surface area contributed by atoms with Crippen molar-refractivity contribution in [3.63, 3.8) is 0 Å². The molecule has 0 fully saturated rings. The maximum absolute atomic E-state index is 12.1. The summed E-state index contributed by atoms with van der Waals surface area (Å²) in [6.45, 7) is 3.26. The quantitative estimate of drug-likeness (QED) is 0.337. The van der Waals surface area contributed by atoms with E-state index >= 15 is 0 Å². The lowest BCUT2D eigenvalue weighted by molar-refractivity contribution is -0.385. The number of nitro benzene ring substituents is 1. The van der Waals surface area contributed by atoms with Gasteiger partial charge in [0.2, 0.25) is 5.88 Å². The maximum Gasteiger partial charge on any atom is 0.312 e. The molecule has 1 aromatic heterocycles. The van der Waals surface area contributed by atoms with E-state index in [1.165, 1.54) is 12.1 Å². The van der Waals surface area contributed by atoms with Gasteiger partial charge in [0.05, 0.1) is 10.4 Å². The third kappa shape index (κ3) is 4.19. The van der Waals surface area contributed by atoms with Gasteiger partial charge in [0.25, 0.3) is 0 Å². The van der Waals surface area contributed by atoms with Crippen LogP contribution in [0.2, 0.25) is 5.02 Å². The monoisotopic (exact) mass is 416 g/mol. The second-order valence-corrected chi connectivity index (χ2v) is 6.84. The number of aromatic nitrogens is 1. The SMILES string of the molecule is CC(C)n1c(O)c(N=NC(=O)COc2ccc(Cl)cc2[N+](=O)[O-])c2ccccc21. The van der Waals surface area contributed by atoms with Crippen LogP contribution in [0.25, 0.3) is 10.9 Å². The highest BCUT2D eigenvalue weighted by Gasteiger charge is 2.19. The molecule has 0 spiro atoms. The zero-order valence-electron chi connectivity index (χ0n) is 15.6. The molecule has 9 nitrogen and oxygen atoms in total. The van der Waals surface area contributed by atoms with Crippen molar-refractivity contribution in [3.8, 4) is 11.6 Å². The smallest absolute Gasteiger partial charge is 0.312 e. The zero-order chi connectivity index (χ0) is 21.1. The molecule has 1 amide bonds. The zero-order valence-corrected chi connectivity index (χ0v) is 16.3. The van der Waals surface area contributed by atoms with Gasteiger partial charge in [-0.2, -0.15) is 0 Å². The fourth-order valence-corrected chi connectivity index (χ4v) is 3.05. The van der Waals surface area contributed by atoms with Crippen molar-refractivity contribution in [2.24, 2.45) is 10.2 Å². The largest absolute Gasteiger partial charge is 0.493 e. The molecule has 150 valence electrons. The Hall–Kier alpha value is -3.46. The van der Waals surface area contributed by atoms with Crippen LogP contribution in [-0.2, 0) is 4.79 Å². The molecule has 29 heavy (non-hydrogen) atoms. The molecule has 2 aromatic carbocycles. The van der Waals surface area contributed by atoms with Crippen LogP contribution in [0.3, 0.4) is 0 Å². The highest BCUT2D eigenvalue weighted by atomic mass is 35.5. The number of ether oxygens (including phenoxy) is 1. The summed E-state index contributed by atoms with van der Waals surface area (Å²) in [7, 11) is 0. The van der Waals surface area contributed by atoms with Gasteiger partial charge in [-0.1, -0.05) is 29.8 Å². The van der Waals surface area contributed by atoms with Crippen molar-refractivity contribution < 1.29 is 19.6 Å². The second kappa shape index (κ2) is 8.27. The van der Waals surface area contributed by atoms with Crippen LogP contribution in [0.5, 0.6) is 11.6 Å². The first-order chi connectivity index (χ1) is 13.8. The number of carbonyl (C=O) groups excluding carboxylic acids is 1. The normalized spacial score (nSPS) is 11.4. The number of nitro groups is 1. The Kier molecular flexibility index (Phi) is 5.79. The van der Waals surface area contributed by atoms with Crippen LogP contribution in [-0.4, -0.2) is 27.1 Å². The van der Waals surface area contributed by atoms with Crippen molar-refractivity contribution in [2.45, 2.75) is 19.9 Å². The number of para-hydroxylation sites is 1. The number of aromatic hydroxyl groups is 1. The van der Waals surface area contributed by atoms with Gasteiger partial charge in [-0.15, -0.1) is 10.2 Å². The molecular formula is C19H17ClN4O5. The molecule has 1 heterocycles. The number of nitrogens with zero attached hydrogens (tertiary/aromatic N) is 4. The average molecular weight is 417 g/mol. The summed E-state index contributed by atoms with van der Waals surface area (Å²) < 4.78 is 6.88. The third-order valence-corrected chi connectivity index (χ3v) is 4.34. The van der Waals surface area contributed by atoms with E-state index in [4.69, 9.17) is 16.3 Å². The van der Waals surface area contributed by atoms with E-state index in [2.05, 4.69) is 10.2 Å². The Morgan fingerprint density at radius 3 is 2.72 bits per heavy atom. The van der Waals surface area contributed by atoms with Crippen LogP contribution in [0.4, 0.5) is 11.4 Å². The van der Waals surface area contributed by atoms with E-state index in [-0.39, 0.29) is 34.1 Å². The lowest BCUT2D eigenvalue weighted by atomic mass is 10.2. The summed E-state index contributed by atoms with van der Waals surface area (Å²) in [5.41, 5.74) is 0.564. The average Bonchev–Trinajstić information content (AvgIpc) is 2.96. The van der Waals surface area contributed by atoms with E-state index in [1.54, 1.807) is 16.7 Å². The van der Waals surface area contributed by atoms with E-state index < -0.39 is 17.4 Å². The molecule has 3 rings (SSSR count). The van der Waals surface area contributed by atoms with E-state index in [0.717, 1.165) is 11.6 Å². The first-order valence-corrected chi connectivity index (χ1v) is 9.00. The second-order valence-electron chi connectivity index (χ2n) is 6.40. The molecule has 0 aliphatic rings. The lowest BCUT2D eigenvalue weighted by Crippen LogP contribution is -2.09. The van der Waals surface area contributed by atoms with Gasteiger partial charge in [0, 0.05) is 22.5 Å². The summed E-state index contributed by atoms with van der Waals surface area (Å²) in [5.74, 6) is -0.982. The number of fused-ring (bicyclic) bond motifs is 1. The molecule has 0 aliphatic heterocycles. The number of azo groups is 1. The fraction of sp³-hybridized carbons (Fsp3) is 0.211. The fourth-order valence-electron chi connectivity index (χ4n) is 2.88. The molecule has 0 aliphatic carbocycles. The molecule has 1 N–H and O–H groups in total. The molecule has 0 unspecified atom stereocenters. The number of rotatable bonds is 6. The van der Waals surface area contributed by atoms with E-state index in [9.17, 15) is 20.0 Å². The summed E-state index contributed by atoms with van der Waals surface area (Å²) >= 11 is 5.74. The summed E-state index contributed by atoms with van der Waals surface area (Å²) in [6.07, 6.45) is 0. The Bertz CT molecular complexity index is 1120. The minimum atomic E-state index is -0.768. The summed E-state index contributed by atoms with van der Waals surface area (Å²) in [6, 6.07) is 11.0. The standard InChI is InChI=1S/C19H17ClN4O5/c1-11(2)23-14-6-4-3-5-13(14)18(19(23)26)22-21-17(25)10-29-16-8-7-12(20)9-15(16)24(27)28/h3-9,11,26H,10H2,1-2H3. The minimum Gasteiger partial charge on any atom is -0.493 e.